The normalized spacial score (nSPS) is 23.6. The second-order valence-electron chi connectivity index (χ2n) is 11.4. The highest BCUT2D eigenvalue weighted by Gasteiger charge is 2.40. The van der Waals surface area contributed by atoms with Crippen LogP contribution in [0.4, 0.5) is 27.6 Å². The smallest absolute Gasteiger partial charge is 0.324 e. The van der Waals surface area contributed by atoms with Crippen molar-refractivity contribution >= 4 is 34.0 Å². The fraction of sp³-hybridized carbons (Fsp3) is 0.448. The van der Waals surface area contributed by atoms with Gasteiger partial charge in [0.2, 0.25) is 5.91 Å². The lowest BCUT2D eigenvalue weighted by Gasteiger charge is -2.49. The van der Waals surface area contributed by atoms with Crippen molar-refractivity contribution in [1.82, 2.24) is 19.4 Å². The molecule has 2 aromatic carbocycles. The first-order valence-corrected chi connectivity index (χ1v) is 16.4. The summed E-state index contributed by atoms with van der Waals surface area (Å²) in [6, 6.07) is 6.60. The summed E-state index contributed by atoms with van der Waals surface area (Å²) >= 11 is 5.82. The molecule has 3 heterocycles. The van der Waals surface area contributed by atoms with Crippen LogP contribution in [-0.2, 0) is 24.4 Å². The molecule has 0 radical (unpaired) electrons. The number of halogens is 6. The zero-order chi connectivity index (χ0) is 32.7. The zero-order valence-electron chi connectivity index (χ0n) is 24.2. The maximum absolute atomic E-state index is 15.2. The van der Waals surface area contributed by atoms with Crippen LogP contribution in [0.3, 0.4) is 0 Å². The molecule has 1 amide bonds. The molecule has 2 saturated heterocycles. The lowest BCUT2D eigenvalue weighted by molar-refractivity contribution is -0.143. The van der Waals surface area contributed by atoms with Gasteiger partial charge >= 0.3 is 6.18 Å². The first-order valence-electron chi connectivity index (χ1n) is 14.3. The van der Waals surface area contributed by atoms with E-state index in [4.69, 9.17) is 17.3 Å². The van der Waals surface area contributed by atoms with Crippen molar-refractivity contribution in [3.8, 4) is 0 Å². The summed E-state index contributed by atoms with van der Waals surface area (Å²) in [6.45, 7) is 0.934. The SMILES string of the molecule is Cn1nc([C@H](c2ccc(Cl)c(F)c2)[C@H](N)C(=O)Nc2cccc(F)c2CC[C@H]2CN[C@@H]3CCCS(O)(O)N2C3)cc1C(F)(F)F. The molecule has 1 unspecified atom stereocenters. The Balaban J connectivity index is 1.40. The Morgan fingerprint density at radius 3 is 2.67 bits per heavy atom. The van der Waals surface area contributed by atoms with E-state index in [9.17, 15) is 31.5 Å². The number of piperazine rings is 1. The van der Waals surface area contributed by atoms with Gasteiger partial charge in [-0.3, -0.25) is 18.6 Å². The molecular formula is C29H34ClF5N6O3S. The van der Waals surface area contributed by atoms with Crippen molar-refractivity contribution in [3.05, 3.63) is 81.6 Å². The Bertz CT molecular complexity index is 1560. The van der Waals surface area contributed by atoms with Crippen LogP contribution in [0.25, 0.3) is 0 Å². The van der Waals surface area contributed by atoms with Gasteiger partial charge in [-0.15, -0.1) is 10.8 Å². The van der Waals surface area contributed by atoms with Crippen molar-refractivity contribution in [2.75, 3.05) is 24.2 Å². The predicted octanol–water partition coefficient (Wildman–Crippen LogP) is 5.50. The highest BCUT2D eigenvalue weighted by Crippen LogP contribution is 2.49. The molecule has 5 rings (SSSR count). The Hall–Kier alpha value is -2.79. The van der Waals surface area contributed by atoms with Gasteiger partial charge in [0.1, 0.15) is 17.3 Å². The topological polar surface area (TPSA) is 129 Å². The third-order valence-electron chi connectivity index (χ3n) is 8.37. The molecule has 2 bridgehead atoms. The van der Waals surface area contributed by atoms with Crippen LogP contribution >= 0.6 is 22.4 Å². The predicted molar refractivity (Wildman–Crippen MR) is 162 cm³/mol. The molecule has 2 aliphatic heterocycles. The minimum atomic E-state index is -4.76. The van der Waals surface area contributed by atoms with E-state index in [2.05, 4.69) is 15.7 Å². The molecule has 5 atom stereocenters. The molecule has 2 fully saturated rings. The summed E-state index contributed by atoms with van der Waals surface area (Å²) in [7, 11) is -1.89. The summed E-state index contributed by atoms with van der Waals surface area (Å²) in [6.07, 6.45) is -2.79. The maximum atomic E-state index is 15.2. The number of hydrogen-bond acceptors (Lipinski definition) is 7. The molecule has 1 aromatic heterocycles. The van der Waals surface area contributed by atoms with Gasteiger partial charge in [-0.05, 0) is 61.6 Å². The molecule has 16 heteroatoms. The van der Waals surface area contributed by atoms with Crippen LogP contribution in [0.5, 0.6) is 0 Å². The van der Waals surface area contributed by atoms with E-state index < -0.39 is 52.1 Å². The monoisotopic (exact) mass is 676 g/mol. The number of nitrogens with zero attached hydrogens (tertiary/aromatic N) is 3. The number of nitrogens with one attached hydrogen (secondary N) is 2. The van der Waals surface area contributed by atoms with Gasteiger partial charge < -0.3 is 16.4 Å². The highest BCUT2D eigenvalue weighted by molar-refractivity contribution is 8.22. The summed E-state index contributed by atoms with van der Waals surface area (Å²) < 4.78 is 94.2. The van der Waals surface area contributed by atoms with E-state index in [1.165, 1.54) is 30.3 Å². The second-order valence-corrected chi connectivity index (χ2v) is 13.9. The quantitative estimate of drug-likeness (QED) is 0.199. The minimum Gasteiger partial charge on any atom is -0.324 e. The van der Waals surface area contributed by atoms with Gasteiger partial charge in [-0.25, -0.2) is 13.1 Å². The van der Waals surface area contributed by atoms with Crippen LogP contribution in [0.1, 0.15) is 47.7 Å². The van der Waals surface area contributed by atoms with E-state index in [1.807, 2.05) is 0 Å². The molecule has 246 valence electrons. The average molecular weight is 677 g/mol. The standard InChI is InChI=1S/C29H34ClF5N6O3S/c1-40-25(29(33,34)35)13-24(39-40)26(16-7-10-20(30)22(32)12-16)27(36)28(42)38-23-6-2-5-21(31)19(23)9-8-18-14-37-17-4-3-11-45(43,44)41(18)15-17/h2,5-7,10,12-13,17-18,26-27,37,43-44H,3-4,8-9,11,14-15,36H2,1H3,(H,38,42)/t17-,18+,26+,27+/m1/s1. The van der Waals surface area contributed by atoms with Gasteiger partial charge in [0.15, 0.2) is 0 Å². The molecule has 0 spiro atoms. The Labute approximate surface area is 263 Å². The van der Waals surface area contributed by atoms with Gasteiger partial charge in [0.25, 0.3) is 0 Å². The van der Waals surface area contributed by atoms with Gasteiger partial charge in [-0.1, -0.05) is 23.7 Å². The van der Waals surface area contributed by atoms with Crippen molar-refractivity contribution < 1.29 is 35.9 Å². The highest BCUT2D eigenvalue weighted by atomic mass is 35.5. The largest absolute Gasteiger partial charge is 0.433 e. The number of nitrogens with two attached hydrogens (primary N) is 1. The summed E-state index contributed by atoms with van der Waals surface area (Å²) in [4.78, 5) is 13.6. The minimum absolute atomic E-state index is 0.0605. The Morgan fingerprint density at radius 1 is 1.22 bits per heavy atom. The Morgan fingerprint density at radius 2 is 1.98 bits per heavy atom. The summed E-state index contributed by atoms with van der Waals surface area (Å²) in [5, 5.41) is 9.73. The van der Waals surface area contributed by atoms with Crippen molar-refractivity contribution in [2.45, 2.75) is 55.9 Å². The van der Waals surface area contributed by atoms with Crippen molar-refractivity contribution in [1.29, 1.82) is 0 Å². The van der Waals surface area contributed by atoms with Gasteiger partial charge in [0, 0.05) is 43.5 Å². The lowest BCUT2D eigenvalue weighted by atomic mass is 9.88. The van der Waals surface area contributed by atoms with Crippen LogP contribution in [0.15, 0.2) is 42.5 Å². The third kappa shape index (κ3) is 7.29. The number of carbonyl (C=O) groups excluding carboxylic acids is 1. The number of hydrogen-bond donors (Lipinski definition) is 5. The molecule has 0 saturated carbocycles. The zero-order valence-corrected chi connectivity index (χ0v) is 25.8. The van der Waals surface area contributed by atoms with E-state index in [-0.39, 0.29) is 51.8 Å². The summed E-state index contributed by atoms with van der Waals surface area (Å²) in [5.41, 5.74) is 5.33. The Kier molecular flexibility index (Phi) is 9.80. The number of aromatic nitrogens is 2. The first-order chi connectivity index (χ1) is 21.2. The molecule has 0 aliphatic carbocycles. The van der Waals surface area contributed by atoms with E-state index in [1.54, 1.807) is 4.31 Å². The van der Waals surface area contributed by atoms with E-state index >= 15 is 4.39 Å². The van der Waals surface area contributed by atoms with E-state index in [0.29, 0.717) is 30.6 Å². The number of alkyl halides is 3. The average Bonchev–Trinajstić information content (AvgIpc) is 3.31. The molecule has 9 nitrogen and oxygen atoms in total. The van der Waals surface area contributed by atoms with Gasteiger partial charge in [-0.2, -0.15) is 18.3 Å². The van der Waals surface area contributed by atoms with Crippen molar-refractivity contribution in [2.24, 2.45) is 12.8 Å². The van der Waals surface area contributed by atoms with Crippen LogP contribution < -0.4 is 16.4 Å². The fourth-order valence-electron chi connectivity index (χ4n) is 6.06. The maximum Gasteiger partial charge on any atom is 0.433 e. The second kappa shape index (κ2) is 13.1. The molecule has 2 aliphatic rings. The van der Waals surface area contributed by atoms with Gasteiger partial charge in [0.05, 0.1) is 28.4 Å². The molecule has 45 heavy (non-hydrogen) atoms. The number of fused-ring (bicyclic) bond motifs is 2. The lowest BCUT2D eigenvalue weighted by Crippen LogP contribution is -2.55. The van der Waals surface area contributed by atoms with Crippen LogP contribution in [-0.4, -0.2) is 66.1 Å². The summed E-state index contributed by atoms with van der Waals surface area (Å²) in [5.74, 6) is -3.41. The molecular weight excluding hydrogens is 643 g/mol. The first kappa shape index (κ1) is 33.6. The third-order valence-corrected chi connectivity index (χ3v) is 10.7. The number of amides is 1. The molecule has 3 aromatic rings. The van der Waals surface area contributed by atoms with Crippen LogP contribution in [0.2, 0.25) is 5.02 Å². The number of anilines is 1. The van der Waals surface area contributed by atoms with Crippen LogP contribution in [0, 0.1) is 11.6 Å². The van der Waals surface area contributed by atoms with E-state index in [0.717, 1.165) is 25.6 Å². The number of carbonyl (C=O) groups is 1. The fourth-order valence-corrected chi connectivity index (χ4v) is 8.04. The number of aryl methyl sites for hydroxylation is 1. The molecule has 6 N–H and O–H groups in total. The van der Waals surface area contributed by atoms with Crippen molar-refractivity contribution in [3.63, 3.8) is 0 Å². The number of benzene rings is 2. The number of rotatable bonds is 8.